The van der Waals surface area contributed by atoms with Gasteiger partial charge in [0.1, 0.15) is 5.69 Å². The fourth-order valence-corrected chi connectivity index (χ4v) is 5.39. The van der Waals surface area contributed by atoms with Gasteiger partial charge < -0.3 is 19.4 Å². The second-order valence-electron chi connectivity index (χ2n) is 9.27. The van der Waals surface area contributed by atoms with Gasteiger partial charge in [-0.1, -0.05) is 32.0 Å². The van der Waals surface area contributed by atoms with E-state index in [2.05, 4.69) is 13.8 Å². The number of benzene rings is 1. The van der Waals surface area contributed by atoms with Crippen LogP contribution in [0, 0.1) is 12.8 Å². The lowest BCUT2D eigenvalue weighted by molar-refractivity contribution is 0.0429. The summed E-state index contributed by atoms with van der Waals surface area (Å²) in [5.74, 6) is 0.269. The second kappa shape index (κ2) is 8.24. The number of urea groups is 1. The number of rotatable bonds is 3. The molecule has 0 N–H and O–H groups in total. The molecule has 0 spiro atoms. The normalized spacial score (nSPS) is 23.4. The van der Waals surface area contributed by atoms with Crippen molar-refractivity contribution in [3.63, 3.8) is 0 Å². The van der Waals surface area contributed by atoms with E-state index in [0.717, 1.165) is 23.4 Å². The molecule has 0 bridgehead atoms. The van der Waals surface area contributed by atoms with Crippen LogP contribution in [0.4, 0.5) is 4.79 Å². The van der Waals surface area contributed by atoms with Gasteiger partial charge in [0.25, 0.3) is 5.91 Å². The summed E-state index contributed by atoms with van der Waals surface area (Å²) in [7, 11) is 0. The molecule has 3 amide bonds. The Morgan fingerprint density at radius 3 is 2.50 bits per heavy atom. The van der Waals surface area contributed by atoms with Crippen molar-refractivity contribution in [2.75, 3.05) is 39.4 Å². The summed E-state index contributed by atoms with van der Waals surface area (Å²) in [6.07, 6.45) is 0.799. The van der Waals surface area contributed by atoms with Crippen molar-refractivity contribution in [1.29, 1.82) is 0 Å². The van der Waals surface area contributed by atoms with Crippen molar-refractivity contribution in [2.24, 2.45) is 5.92 Å². The topological polar surface area (TPSA) is 70.9 Å². The van der Waals surface area contributed by atoms with E-state index in [1.54, 1.807) is 4.68 Å². The van der Waals surface area contributed by atoms with Crippen LogP contribution in [0.25, 0.3) is 5.69 Å². The number of ether oxygens (including phenoxy) is 1. The van der Waals surface area contributed by atoms with Gasteiger partial charge in [0, 0.05) is 31.7 Å². The number of hydrogen-bond acceptors (Lipinski definition) is 4. The molecule has 2 atom stereocenters. The Labute approximate surface area is 188 Å². The molecule has 5 rings (SSSR count). The molecule has 1 aromatic heterocycles. The molecule has 2 unspecified atom stereocenters. The first kappa shape index (κ1) is 21.0. The van der Waals surface area contributed by atoms with Crippen molar-refractivity contribution >= 4 is 11.9 Å². The van der Waals surface area contributed by atoms with Gasteiger partial charge in [-0.25, -0.2) is 9.48 Å². The minimum absolute atomic E-state index is 0.0101. The third-order valence-electron chi connectivity index (χ3n) is 6.88. The summed E-state index contributed by atoms with van der Waals surface area (Å²) in [6.45, 7) is 10.0. The number of hydrogen-bond donors (Lipinski definition) is 0. The number of nitrogens with zero attached hydrogens (tertiary/aromatic N) is 5. The SMILES string of the molecule is Cc1nn(-c2ccccc2)c2c1C(C(C)C)N(C1CCN(C(=O)N3CCOCC3)C1)C2=O. The highest BCUT2D eigenvalue weighted by Gasteiger charge is 2.48. The number of fused-ring (bicyclic) bond motifs is 1. The molecule has 2 aromatic rings. The minimum atomic E-state index is -0.0293. The van der Waals surface area contributed by atoms with Crippen molar-refractivity contribution in [3.05, 3.63) is 47.3 Å². The number of morpholine rings is 1. The summed E-state index contributed by atoms with van der Waals surface area (Å²) >= 11 is 0. The zero-order chi connectivity index (χ0) is 22.4. The van der Waals surface area contributed by atoms with Crippen LogP contribution >= 0.6 is 0 Å². The molecule has 1 aromatic carbocycles. The van der Waals surface area contributed by atoms with Gasteiger partial charge in [-0.15, -0.1) is 0 Å². The third kappa shape index (κ3) is 3.37. The smallest absolute Gasteiger partial charge is 0.320 e. The summed E-state index contributed by atoms with van der Waals surface area (Å²) in [5, 5.41) is 4.74. The predicted molar refractivity (Wildman–Crippen MR) is 120 cm³/mol. The summed E-state index contributed by atoms with van der Waals surface area (Å²) in [4.78, 5) is 32.6. The Balaban J connectivity index is 1.43. The fourth-order valence-electron chi connectivity index (χ4n) is 5.39. The number of aryl methyl sites for hydroxylation is 1. The molecule has 4 heterocycles. The van der Waals surface area contributed by atoms with E-state index in [4.69, 9.17) is 9.84 Å². The fraction of sp³-hybridized carbons (Fsp3) is 0.542. The van der Waals surface area contributed by atoms with Crippen LogP contribution in [0.1, 0.15) is 48.1 Å². The average Bonchev–Trinajstić information content (AvgIpc) is 3.49. The first-order valence-corrected chi connectivity index (χ1v) is 11.6. The van der Waals surface area contributed by atoms with E-state index in [1.165, 1.54) is 0 Å². The number of likely N-dealkylation sites (tertiary alicyclic amines) is 1. The van der Waals surface area contributed by atoms with Gasteiger partial charge in [-0.3, -0.25) is 4.79 Å². The van der Waals surface area contributed by atoms with Gasteiger partial charge >= 0.3 is 6.03 Å². The molecule has 3 aliphatic heterocycles. The number of aromatic nitrogens is 2. The van der Waals surface area contributed by atoms with E-state index < -0.39 is 0 Å². The Morgan fingerprint density at radius 2 is 1.81 bits per heavy atom. The lowest BCUT2D eigenvalue weighted by Crippen LogP contribution is -2.49. The molecule has 8 heteroatoms. The summed E-state index contributed by atoms with van der Waals surface area (Å²) < 4.78 is 7.18. The van der Waals surface area contributed by atoms with Crippen LogP contribution in [0.15, 0.2) is 30.3 Å². The Hall–Kier alpha value is -2.87. The molecule has 2 saturated heterocycles. The van der Waals surface area contributed by atoms with E-state index in [-0.39, 0.29) is 29.9 Å². The monoisotopic (exact) mass is 437 g/mol. The zero-order valence-corrected chi connectivity index (χ0v) is 19.0. The Bertz CT molecular complexity index is 1010. The summed E-state index contributed by atoms with van der Waals surface area (Å²) in [6, 6.07) is 9.88. The molecule has 3 aliphatic rings. The van der Waals surface area contributed by atoms with E-state index >= 15 is 0 Å². The van der Waals surface area contributed by atoms with Crippen LogP contribution in [0.3, 0.4) is 0 Å². The van der Waals surface area contributed by atoms with Crippen LogP contribution in [-0.2, 0) is 4.74 Å². The number of amides is 3. The van der Waals surface area contributed by atoms with E-state index in [0.29, 0.717) is 45.1 Å². The van der Waals surface area contributed by atoms with Crippen molar-refractivity contribution in [2.45, 2.75) is 39.3 Å². The largest absolute Gasteiger partial charge is 0.378 e. The molecular weight excluding hydrogens is 406 g/mol. The van der Waals surface area contributed by atoms with Gasteiger partial charge in [0.15, 0.2) is 0 Å². The predicted octanol–water partition coefficient (Wildman–Crippen LogP) is 2.86. The van der Waals surface area contributed by atoms with Crippen molar-refractivity contribution in [3.8, 4) is 5.69 Å². The van der Waals surface area contributed by atoms with E-state index in [9.17, 15) is 9.59 Å². The highest BCUT2D eigenvalue weighted by molar-refractivity contribution is 5.99. The summed E-state index contributed by atoms with van der Waals surface area (Å²) in [5.41, 5.74) is 3.50. The van der Waals surface area contributed by atoms with Crippen LogP contribution < -0.4 is 0 Å². The molecule has 2 fully saturated rings. The lowest BCUT2D eigenvalue weighted by Gasteiger charge is -2.34. The maximum Gasteiger partial charge on any atom is 0.320 e. The number of carbonyl (C=O) groups is 2. The van der Waals surface area contributed by atoms with Gasteiger partial charge in [0.2, 0.25) is 0 Å². The van der Waals surface area contributed by atoms with E-state index in [1.807, 2.05) is 52.0 Å². The molecule has 8 nitrogen and oxygen atoms in total. The molecule has 32 heavy (non-hydrogen) atoms. The Morgan fingerprint density at radius 1 is 1.09 bits per heavy atom. The molecular formula is C24H31N5O3. The highest BCUT2D eigenvalue weighted by atomic mass is 16.5. The van der Waals surface area contributed by atoms with Crippen LogP contribution in [0.5, 0.6) is 0 Å². The zero-order valence-electron chi connectivity index (χ0n) is 19.0. The van der Waals surface area contributed by atoms with Crippen LogP contribution in [0.2, 0.25) is 0 Å². The molecule has 0 aliphatic carbocycles. The highest BCUT2D eigenvalue weighted by Crippen LogP contribution is 2.43. The second-order valence-corrected chi connectivity index (χ2v) is 9.27. The Kier molecular flexibility index (Phi) is 5.41. The molecule has 0 saturated carbocycles. The van der Waals surface area contributed by atoms with Crippen molar-refractivity contribution in [1.82, 2.24) is 24.5 Å². The average molecular weight is 438 g/mol. The quantitative estimate of drug-likeness (QED) is 0.740. The first-order valence-electron chi connectivity index (χ1n) is 11.6. The maximum atomic E-state index is 13.8. The number of carbonyl (C=O) groups excluding carboxylic acids is 2. The molecule has 170 valence electrons. The lowest BCUT2D eigenvalue weighted by atomic mass is 9.95. The number of para-hydroxylation sites is 1. The third-order valence-corrected chi connectivity index (χ3v) is 6.88. The standard InChI is InChI=1S/C24H31N5O3/c1-16(2)21-20-17(3)25-29(18-7-5-4-6-8-18)22(20)23(30)28(21)19-9-10-27(15-19)24(31)26-11-13-32-14-12-26/h4-8,16,19,21H,9-15H2,1-3H3. The molecule has 0 radical (unpaired) electrons. The van der Waals surface area contributed by atoms with Crippen LogP contribution in [-0.4, -0.2) is 81.9 Å². The van der Waals surface area contributed by atoms with Gasteiger partial charge in [-0.2, -0.15) is 5.10 Å². The minimum Gasteiger partial charge on any atom is -0.378 e. The van der Waals surface area contributed by atoms with Gasteiger partial charge in [-0.05, 0) is 31.4 Å². The maximum absolute atomic E-state index is 13.8. The van der Waals surface area contributed by atoms with Gasteiger partial charge in [0.05, 0.1) is 36.7 Å². The first-order chi connectivity index (χ1) is 15.5. The van der Waals surface area contributed by atoms with Crippen molar-refractivity contribution < 1.29 is 14.3 Å².